The molecule has 0 bridgehead atoms. The van der Waals surface area contributed by atoms with Crippen LogP contribution in [0.3, 0.4) is 0 Å². The lowest BCUT2D eigenvalue weighted by atomic mass is 10.1. The number of anilines is 2. The fraction of sp³-hybridized carbons (Fsp3) is 0.0870. The Hall–Kier alpha value is -2.90. The molecule has 0 aliphatic rings. The Morgan fingerprint density at radius 1 is 0.833 bits per heavy atom. The molecule has 0 atom stereocenters. The van der Waals surface area contributed by atoms with E-state index in [1.807, 2.05) is 49.4 Å². The van der Waals surface area contributed by atoms with Crippen molar-refractivity contribution in [2.75, 3.05) is 4.31 Å². The summed E-state index contributed by atoms with van der Waals surface area (Å²) in [5, 5.41) is 3.91. The van der Waals surface area contributed by atoms with Crippen LogP contribution in [0.4, 0.5) is 11.6 Å². The standard InChI is InChI=1S/C23H19BrN2O3S/c1-16-8-12-20(13-9-16)26(23-22(24)17(2)25-29-23)30(27,28)21-14-10-19(11-15-21)18-6-4-3-5-7-18/h3-15H,1-2H3. The number of hydrogen-bond acceptors (Lipinski definition) is 4. The van der Waals surface area contributed by atoms with Gasteiger partial charge in [0.2, 0.25) is 0 Å². The maximum absolute atomic E-state index is 13.6. The first-order valence-electron chi connectivity index (χ1n) is 9.27. The molecular weight excluding hydrogens is 464 g/mol. The molecule has 3 aromatic carbocycles. The fourth-order valence-corrected chi connectivity index (χ4v) is 4.95. The van der Waals surface area contributed by atoms with Gasteiger partial charge in [-0.1, -0.05) is 65.3 Å². The molecule has 0 N–H and O–H groups in total. The minimum atomic E-state index is -3.96. The number of aryl methyl sites for hydroxylation is 2. The monoisotopic (exact) mass is 482 g/mol. The summed E-state index contributed by atoms with van der Waals surface area (Å²) < 4.78 is 34.3. The Kier molecular flexibility index (Phi) is 5.49. The van der Waals surface area contributed by atoms with Gasteiger partial charge >= 0.3 is 0 Å². The molecule has 0 saturated heterocycles. The minimum Gasteiger partial charge on any atom is -0.336 e. The van der Waals surface area contributed by atoms with E-state index in [9.17, 15) is 8.42 Å². The molecule has 5 nitrogen and oxygen atoms in total. The van der Waals surface area contributed by atoms with Crippen LogP contribution in [-0.4, -0.2) is 13.6 Å². The predicted molar refractivity (Wildman–Crippen MR) is 121 cm³/mol. The van der Waals surface area contributed by atoms with Gasteiger partial charge in [0.15, 0.2) is 0 Å². The van der Waals surface area contributed by atoms with Gasteiger partial charge in [-0.2, -0.15) is 4.31 Å². The van der Waals surface area contributed by atoms with Crippen molar-refractivity contribution in [1.82, 2.24) is 5.16 Å². The summed E-state index contributed by atoms with van der Waals surface area (Å²) in [6, 6.07) is 23.8. The van der Waals surface area contributed by atoms with Gasteiger partial charge < -0.3 is 4.52 Å². The first-order valence-corrected chi connectivity index (χ1v) is 11.5. The van der Waals surface area contributed by atoms with Crippen LogP contribution in [0.5, 0.6) is 0 Å². The van der Waals surface area contributed by atoms with Crippen molar-refractivity contribution in [3.63, 3.8) is 0 Å². The molecule has 0 saturated carbocycles. The molecule has 0 spiro atoms. The van der Waals surface area contributed by atoms with Crippen molar-refractivity contribution in [1.29, 1.82) is 0 Å². The first kappa shape index (κ1) is 20.4. The third kappa shape index (κ3) is 3.78. The Balaban J connectivity index is 1.81. The molecule has 4 aromatic rings. The number of hydrogen-bond donors (Lipinski definition) is 0. The summed E-state index contributed by atoms with van der Waals surface area (Å²) >= 11 is 3.41. The average Bonchev–Trinajstić information content (AvgIpc) is 3.08. The van der Waals surface area contributed by atoms with Crippen LogP contribution in [0.15, 0.2) is 92.8 Å². The quantitative estimate of drug-likeness (QED) is 0.337. The third-order valence-electron chi connectivity index (χ3n) is 4.73. The number of rotatable bonds is 5. The fourth-order valence-electron chi connectivity index (χ4n) is 3.07. The molecule has 0 aliphatic heterocycles. The summed E-state index contributed by atoms with van der Waals surface area (Å²) in [6.45, 7) is 3.69. The molecule has 1 heterocycles. The second-order valence-corrected chi connectivity index (χ2v) is 9.46. The lowest BCUT2D eigenvalue weighted by Gasteiger charge is -2.22. The minimum absolute atomic E-state index is 0.114. The van der Waals surface area contributed by atoms with Gasteiger partial charge in [0.1, 0.15) is 4.47 Å². The van der Waals surface area contributed by atoms with Crippen molar-refractivity contribution >= 4 is 37.5 Å². The van der Waals surface area contributed by atoms with E-state index in [1.54, 1.807) is 43.3 Å². The second kappa shape index (κ2) is 8.08. The Morgan fingerprint density at radius 2 is 1.43 bits per heavy atom. The molecular formula is C23H19BrN2O3S. The highest BCUT2D eigenvalue weighted by molar-refractivity contribution is 9.10. The number of nitrogens with zero attached hydrogens (tertiary/aromatic N) is 2. The molecule has 4 rings (SSSR count). The molecule has 1 aromatic heterocycles. The highest BCUT2D eigenvalue weighted by Gasteiger charge is 2.32. The van der Waals surface area contributed by atoms with E-state index in [0.717, 1.165) is 16.7 Å². The topological polar surface area (TPSA) is 63.4 Å². The van der Waals surface area contributed by atoms with E-state index >= 15 is 0 Å². The highest BCUT2D eigenvalue weighted by atomic mass is 79.9. The first-order chi connectivity index (χ1) is 14.4. The number of halogens is 1. The summed E-state index contributed by atoms with van der Waals surface area (Å²) in [5.41, 5.74) is 4.01. The zero-order valence-corrected chi connectivity index (χ0v) is 18.8. The van der Waals surface area contributed by atoms with Gasteiger partial charge in [0.05, 0.1) is 16.3 Å². The lowest BCUT2D eigenvalue weighted by Crippen LogP contribution is -2.26. The summed E-state index contributed by atoms with van der Waals surface area (Å²) in [7, 11) is -3.96. The van der Waals surface area contributed by atoms with Crippen LogP contribution in [0, 0.1) is 13.8 Å². The molecule has 152 valence electrons. The van der Waals surface area contributed by atoms with Crippen LogP contribution in [0.2, 0.25) is 0 Å². The van der Waals surface area contributed by atoms with Crippen molar-refractivity contribution in [2.24, 2.45) is 0 Å². The average molecular weight is 483 g/mol. The second-order valence-electron chi connectivity index (χ2n) is 6.88. The molecule has 0 unspecified atom stereocenters. The maximum atomic E-state index is 13.6. The molecule has 0 fully saturated rings. The van der Waals surface area contributed by atoms with E-state index in [0.29, 0.717) is 15.9 Å². The number of sulfonamides is 1. The summed E-state index contributed by atoms with van der Waals surface area (Å²) in [5.74, 6) is 0.114. The van der Waals surface area contributed by atoms with Crippen LogP contribution in [-0.2, 0) is 10.0 Å². The van der Waals surface area contributed by atoms with Crippen LogP contribution in [0.25, 0.3) is 11.1 Å². The molecule has 0 radical (unpaired) electrons. The summed E-state index contributed by atoms with van der Waals surface area (Å²) in [6.07, 6.45) is 0. The largest absolute Gasteiger partial charge is 0.336 e. The molecule has 7 heteroatoms. The molecule has 0 aliphatic carbocycles. The van der Waals surface area contributed by atoms with Gasteiger partial charge in [0.25, 0.3) is 15.9 Å². The Bertz CT molecular complexity index is 1270. The third-order valence-corrected chi connectivity index (χ3v) is 7.37. The van der Waals surface area contributed by atoms with Crippen molar-refractivity contribution < 1.29 is 12.9 Å². The van der Waals surface area contributed by atoms with Gasteiger partial charge in [-0.3, -0.25) is 0 Å². The smallest absolute Gasteiger partial charge is 0.271 e. The molecule has 30 heavy (non-hydrogen) atoms. The zero-order chi connectivity index (χ0) is 21.3. The van der Waals surface area contributed by atoms with E-state index < -0.39 is 10.0 Å². The van der Waals surface area contributed by atoms with Gasteiger partial charge in [-0.05, 0) is 65.2 Å². The molecule has 0 amide bonds. The van der Waals surface area contributed by atoms with Crippen molar-refractivity contribution in [3.05, 3.63) is 94.6 Å². The zero-order valence-electron chi connectivity index (χ0n) is 16.4. The van der Waals surface area contributed by atoms with Crippen LogP contribution in [0.1, 0.15) is 11.3 Å². The predicted octanol–water partition coefficient (Wildman–Crippen LogP) is 6.25. The SMILES string of the molecule is Cc1ccc(N(c2onc(C)c2Br)S(=O)(=O)c2ccc(-c3ccccc3)cc2)cc1. The maximum Gasteiger partial charge on any atom is 0.271 e. The van der Waals surface area contributed by atoms with Crippen molar-refractivity contribution in [3.8, 4) is 11.1 Å². The van der Waals surface area contributed by atoms with Gasteiger partial charge in [-0.15, -0.1) is 0 Å². The van der Waals surface area contributed by atoms with E-state index in [4.69, 9.17) is 4.52 Å². The van der Waals surface area contributed by atoms with Gasteiger partial charge in [-0.25, -0.2) is 8.42 Å². The van der Waals surface area contributed by atoms with E-state index in [-0.39, 0.29) is 10.8 Å². The summed E-state index contributed by atoms with van der Waals surface area (Å²) in [4.78, 5) is 0.156. The Morgan fingerprint density at radius 3 is 2.00 bits per heavy atom. The van der Waals surface area contributed by atoms with E-state index in [1.165, 1.54) is 4.31 Å². The number of benzene rings is 3. The van der Waals surface area contributed by atoms with Gasteiger partial charge in [0, 0.05) is 0 Å². The van der Waals surface area contributed by atoms with Crippen molar-refractivity contribution in [2.45, 2.75) is 18.7 Å². The van der Waals surface area contributed by atoms with Crippen LogP contribution < -0.4 is 4.31 Å². The van der Waals surface area contributed by atoms with E-state index in [2.05, 4.69) is 21.1 Å². The number of aromatic nitrogens is 1. The van der Waals surface area contributed by atoms with Crippen LogP contribution >= 0.6 is 15.9 Å². The lowest BCUT2D eigenvalue weighted by molar-refractivity contribution is 0.424. The normalized spacial score (nSPS) is 11.4. The Labute approximate surface area is 184 Å². The highest BCUT2D eigenvalue weighted by Crippen LogP contribution is 2.39.